The third-order valence-corrected chi connectivity index (χ3v) is 7.21. The summed E-state index contributed by atoms with van der Waals surface area (Å²) in [6.07, 6.45) is 1.65. The Hall–Kier alpha value is -4.57. The van der Waals surface area contributed by atoms with Crippen LogP contribution in [-0.2, 0) is 0 Å². The molecular formula is C32H23N3O. The average Bonchev–Trinajstić information content (AvgIpc) is 3.27. The van der Waals surface area contributed by atoms with Crippen molar-refractivity contribution in [3.05, 3.63) is 102 Å². The van der Waals surface area contributed by atoms with Gasteiger partial charge in [-0.3, -0.25) is 0 Å². The monoisotopic (exact) mass is 465 g/mol. The Morgan fingerprint density at radius 1 is 0.611 bits per heavy atom. The van der Waals surface area contributed by atoms with Crippen LogP contribution in [0, 0.1) is 20.8 Å². The zero-order chi connectivity index (χ0) is 24.4. The van der Waals surface area contributed by atoms with Gasteiger partial charge in [0.1, 0.15) is 11.9 Å². The van der Waals surface area contributed by atoms with E-state index in [9.17, 15) is 0 Å². The first-order valence-electron chi connectivity index (χ1n) is 12.1. The molecule has 172 valence electrons. The van der Waals surface area contributed by atoms with E-state index in [0.29, 0.717) is 5.71 Å². The van der Waals surface area contributed by atoms with Crippen molar-refractivity contribution >= 4 is 43.7 Å². The first kappa shape index (κ1) is 20.8. The Labute approximate surface area is 208 Å². The molecule has 0 fully saturated rings. The molecule has 3 heterocycles. The van der Waals surface area contributed by atoms with E-state index in [-0.39, 0.29) is 0 Å². The van der Waals surface area contributed by atoms with Crippen molar-refractivity contribution in [2.75, 3.05) is 0 Å². The van der Waals surface area contributed by atoms with E-state index in [1.165, 1.54) is 22.1 Å². The highest BCUT2D eigenvalue weighted by atomic mass is 16.3. The van der Waals surface area contributed by atoms with Gasteiger partial charge in [-0.1, -0.05) is 54.6 Å². The second kappa shape index (κ2) is 7.72. The van der Waals surface area contributed by atoms with Crippen LogP contribution in [0.1, 0.15) is 16.7 Å². The van der Waals surface area contributed by atoms with Crippen molar-refractivity contribution in [1.82, 2.24) is 15.0 Å². The van der Waals surface area contributed by atoms with Gasteiger partial charge in [-0.05, 0) is 67.1 Å². The third kappa shape index (κ3) is 2.97. The fraction of sp³-hybridized carbons (Fsp3) is 0.0938. The predicted octanol–water partition coefficient (Wildman–Crippen LogP) is 8.34. The smallest absolute Gasteiger partial charge is 0.227 e. The molecule has 0 saturated carbocycles. The number of para-hydroxylation sites is 1. The average molecular weight is 466 g/mol. The molecule has 7 rings (SSSR count). The van der Waals surface area contributed by atoms with Crippen molar-refractivity contribution < 1.29 is 4.42 Å². The lowest BCUT2D eigenvalue weighted by Gasteiger charge is -2.10. The molecule has 36 heavy (non-hydrogen) atoms. The molecule has 4 nitrogen and oxygen atoms in total. The maximum Gasteiger partial charge on any atom is 0.227 e. The first-order valence-corrected chi connectivity index (χ1v) is 12.1. The Balaban J connectivity index is 1.50. The minimum Gasteiger partial charge on any atom is -0.437 e. The van der Waals surface area contributed by atoms with Crippen molar-refractivity contribution in [2.24, 2.45) is 0 Å². The predicted molar refractivity (Wildman–Crippen MR) is 147 cm³/mol. The number of benzene rings is 4. The molecular weight excluding hydrogens is 442 g/mol. The topological polar surface area (TPSA) is 51.8 Å². The molecule has 0 atom stereocenters. The summed E-state index contributed by atoms with van der Waals surface area (Å²) in [4.78, 5) is 14.4. The van der Waals surface area contributed by atoms with Crippen molar-refractivity contribution in [3.63, 3.8) is 0 Å². The minimum atomic E-state index is 0.637. The Morgan fingerprint density at radius 2 is 1.36 bits per heavy atom. The standard InChI is InChI=1S/C32H23N3O/c1-18-8-6-9-19(2)28(18)27-15-14-24-23-12-7-13-25(31(23)36-32(24)35-27)30-26-16-20(3)21-10-4-5-11-22(21)29(26)33-17-34-30/h4-17H,1-3H3. The maximum absolute atomic E-state index is 6.48. The van der Waals surface area contributed by atoms with Crippen LogP contribution in [0.25, 0.3) is 66.3 Å². The van der Waals surface area contributed by atoms with Crippen LogP contribution in [0.4, 0.5) is 0 Å². The van der Waals surface area contributed by atoms with E-state index in [4.69, 9.17) is 14.4 Å². The van der Waals surface area contributed by atoms with Crippen molar-refractivity contribution in [2.45, 2.75) is 20.8 Å². The summed E-state index contributed by atoms with van der Waals surface area (Å²) in [6.45, 7) is 6.38. The van der Waals surface area contributed by atoms with E-state index < -0.39 is 0 Å². The molecule has 0 unspecified atom stereocenters. The number of furan rings is 1. The summed E-state index contributed by atoms with van der Waals surface area (Å²) in [5, 5.41) is 5.40. The fourth-order valence-electron chi connectivity index (χ4n) is 5.51. The second-order valence-electron chi connectivity index (χ2n) is 9.46. The molecule has 0 aliphatic carbocycles. The highest BCUT2D eigenvalue weighted by molar-refractivity contribution is 6.14. The quantitative estimate of drug-likeness (QED) is 0.241. The fourth-order valence-corrected chi connectivity index (χ4v) is 5.51. The molecule has 0 aliphatic rings. The minimum absolute atomic E-state index is 0.637. The highest BCUT2D eigenvalue weighted by Crippen LogP contribution is 2.39. The molecule has 0 radical (unpaired) electrons. The van der Waals surface area contributed by atoms with Crippen LogP contribution in [0.5, 0.6) is 0 Å². The van der Waals surface area contributed by atoms with E-state index >= 15 is 0 Å². The van der Waals surface area contributed by atoms with Gasteiger partial charge in [0.2, 0.25) is 5.71 Å². The number of pyridine rings is 1. The lowest BCUT2D eigenvalue weighted by Crippen LogP contribution is -1.92. The molecule has 0 saturated heterocycles. The third-order valence-electron chi connectivity index (χ3n) is 7.21. The molecule has 0 spiro atoms. The zero-order valence-corrected chi connectivity index (χ0v) is 20.3. The van der Waals surface area contributed by atoms with Gasteiger partial charge in [0.05, 0.1) is 16.9 Å². The SMILES string of the molecule is Cc1cccc(C)c1-c1ccc2c(n1)oc1c(-c3ncnc4c3cc(C)c3ccccc34)cccc12. The lowest BCUT2D eigenvalue weighted by atomic mass is 9.97. The van der Waals surface area contributed by atoms with Gasteiger partial charge in [-0.15, -0.1) is 0 Å². The van der Waals surface area contributed by atoms with Crippen LogP contribution in [0.3, 0.4) is 0 Å². The molecule has 0 bridgehead atoms. The normalized spacial score (nSPS) is 11.8. The zero-order valence-electron chi connectivity index (χ0n) is 20.3. The summed E-state index contributed by atoms with van der Waals surface area (Å²) in [7, 11) is 0. The Kier molecular flexibility index (Phi) is 4.45. The number of hydrogen-bond donors (Lipinski definition) is 0. The number of aromatic nitrogens is 3. The number of nitrogens with zero attached hydrogens (tertiary/aromatic N) is 3. The van der Waals surface area contributed by atoms with E-state index in [1.807, 2.05) is 0 Å². The van der Waals surface area contributed by atoms with Gasteiger partial charge in [-0.2, -0.15) is 0 Å². The number of hydrogen-bond acceptors (Lipinski definition) is 4. The molecule has 0 amide bonds. The number of aryl methyl sites for hydroxylation is 3. The molecule has 0 N–H and O–H groups in total. The number of rotatable bonds is 2. The van der Waals surface area contributed by atoms with Crippen LogP contribution in [0.15, 0.2) is 89.6 Å². The molecule has 0 aliphatic heterocycles. The number of fused-ring (bicyclic) bond motifs is 6. The summed E-state index contributed by atoms with van der Waals surface area (Å²) < 4.78 is 6.48. The van der Waals surface area contributed by atoms with Crippen molar-refractivity contribution in [1.29, 1.82) is 0 Å². The van der Waals surface area contributed by atoms with Crippen LogP contribution in [-0.4, -0.2) is 15.0 Å². The van der Waals surface area contributed by atoms with Gasteiger partial charge >= 0.3 is 0 Å². The van der Waals surface area contributed by atoms with Gasteiger partial charge in [0.15, 0.2) is 0 Å². The molecule has 7 aromatic rings. The van der Waals surface area contributed by atoms with Crippen LogP contribution < -0.4 is 0 Å². The van der Waals surface area contributed by atoms with Crippen LogP contribution in [0.2, 0.25) is 0 Å². The molecule has 4 heteroatoms. The first-order chi connectivity index (χ1) is 17.6. The Morgan fingerprint density at radius 3 is 2.19 bits per heavy atom. The molecule has 4 aromatic carbocycles. The lowest BCUT2D eigenvalue weighted by molar-refractivity contribution is 0.655. The van der Waals surface area contributed by atoms with Crippen LogP contribution >= 0.6 is 0 Å². The van der Waals surface area contributed by atoms with Gasteiger partial charge in [-0.25, -0.2) is 15.0 Å². The molecule has 3 aromatic heterocycles. The second-order valence-corrected chi connectivity index (χ2v) is 9.46. The van der Waals surface area contributed by atoms with Gasteiger partial charge in [0, 0.05) is 32.7 Å². The van der Waals surface area contributed by atoms with E-state index in [1.54, 1.807) is 6.33 Å². The van der Waals surface area contributed by atoms with Gasteiger partial charge in [0.25, 0.3) is 0 Å². The summed E-state index contributed by atoms with van der Waals surface area (Å²) in [5.74, 6) is 0. The van der Waals surface area contributed by atoms with Gasteiger partial charge < -0.3 is 4.42 Å². The summed E-state index contributed by atoms with van der Waals surface area (Å²) in [5.41, 5.74) is 9.88. The largest absolute Gasteiger partial charge is 0.437 e. The summed E-state index contributed by atoms with van der Waals surface area (Å²) in [6, 6.07) is 27.3. The van der Waals surface area contributed by atoms with Crippen molar-refractivity contribution in [3.8, 4) is 22.5 Å². The maximum atomic E-state index is 6.48. The summed E-state index contributed by atoms with van der Waals surface area (Å²) >= 11 is 0. The van der Waals surface area contributed by atoms with E-state index in [2.05, 4.69) is 105 Å². The highest BCUT2D eigenvalue weighted by Gasteiger charge is 2.18. The Bertz CT molecular complexity index is 1960. The van der Waals surface area contributed by atoms with E-state index in [0.717, 1.165) is 55.2 Å².